The molecule has 34 heavy (non-hydrogen) atoms. The second kappa shape index (κ2) is 10.5. The highest BCUT2D eigenvalue weighted by molar-refractivity contribution is 7.89. The van der Waals surface area contributed by atoms with Gasteiger partial charge in [-0.15, -0.1) is 0 Å². The predicted octanol–water partition coefficient (Wildman–Crippen LogP) is 3.54. The van der Waals surface area contributed by atoms with Crippen molar-refractivity contribution in [3.05, 3.63) is 54.2 Å². The largest absolute Gasteiger partial charge is 0.497 e. The molecule has 0 saturated carbocycles. The fourth-order valence-electron chi connectivity index (χ4n) is 4.33. The van der Waals surface area contributed by atoms with E-state index in [0.29, 0.717) is 36.0 Å². The van der Waals surface area contributed by atoms with Crippen molar-refractivity contribution >= 4 is 26.8 Å². The summed E-state index contributed by atoms with van der Waals surface area (Å²) in [5.74, 6) is 1.20. The molecule has 1 fully saturated rings. The van der Waals surface area contributed by atoms with Crippen LogP contribution in [0.15, 0.2) is 53.6 Å². The number of carbonyl (C=O) groups is 1. The van der Waals surface area contributed by atoms with Gasteiger partial charge in [-0.1, -0.05) is 12.8 Å². The molecule has 1 aliphatic rings. The van der Waals surface area contributed by atoms with Crippen LogP contribution in [0.3, 0.4) is 0 Å². The highest BCUT2D eigenvalue weighted by atomic mass is 32.2. The lowest BCUT2D eigenvalue weighted by Crippen LogP contribution is -2.31. The normalized spacial score (nSPS) is 15.1. The molecule has 0 atom stereocenters. The van der Waals surface area contributed by atoms with Gasteiger partial charge in [0.1, 0.15) is 18.0 Å². The number of nitrogens with one attached hydrogen (secondary N) is 1. The number of fused-ring (bicyclic) bond motifs is 1. The van der Waals surface area contributed by atoms with Gasteiger partial charge in [-0.2, -0.15) is 4.31 Å². The summed E-state index contributed by atoms with van der Waals surface area (Å²) in [5.41, 5.74) is 1.62. The lowest BCUT2D eigenvalue weighted by atomic mass is 10.2. The highest BCUT2D eigenvalue weighted by Gasteiger charge is 2.25. The van der Waals surface area contributed by atoms with Crippen molar-refractivity contribution < 1.29 is 22.7 Å². The third kappa shape index (κ3) is 5.20. The molecule has 8 nitrogen and oxygen atoms in total. The summed E-state index contributed by atoms with van der Waals surface area (Å²) in [7, 11) is -0.347. The van der Waals surface area contributed by atoms with Crippen molar-refractivity contribution in [1.82, 2.24) is 14.2 Å². The Bertz CT molecular complexity index is 1260. The molecule has 2 aromatic carbocycles. The summed E-state index contributed by atoms with van der Waals surface area (Å²) < 4.78 is 40.3. The molecule has 3 aromatic rings. The minimum absolute atomic E-state index is 0.119. The molecule has 2 heterocycles. The van der Waals surface area contributed by atoms with E-state index in [9.17, 15) is 13.2 Å². The number of rotatable bonds is 8. The average molecular weight is 486 g/mol. The van der Waals surface area contributed by atoms with E-state index in [1.54, 1.807) is 55.1 Å². The van der Waals surface area contributed by atoms with Gasteiger partial charge in [0.05, 0.1) is 19.1 Å². The van der Waals surface area contributed by atoms with Gasteiger partial charge in [0.15, 0.2) is 0 Å². The van der Waals surface area contributed by atoms with Gasteiger partial charge in [-0.25, -0.2) is 8.42 Å². The van der Waals surface area contributed by atoms with Gasteiger partial charge in [0.2, 0.25) is 15.9 Å². The first-order chi connectivity index (χ1) is 16.4. The number of methoxy groups -OCH3 is 2. The SMILES string of the molecule is COc1ccc(OC)c(CNC(=O)Cn2ccc3cc(S(=O)(=O)N4CCCCCC4)ccc32)c1. The zero-order valence-electron chi connectivity index (χ0n) is 19.6. The number of hydrogen-bond donors (Lipinski definition) is 1. The van der Waals surface area contributed by atoms with Crippen LogP contribution >= 0.6 is 0 Å². The summed E-state index contributed by atoms with van der Waals surface area (Å²) in [4.78, 5) is 12.9. The van der Waals surface area contributed by atoms with Gasteiger partial charge in [0, 0.05) is 42.3 Å². The van der Waals surface area contributed by atoms with Crippen LogP contribution in [0.4, 0.5) is 0 Å². The molecule has 4 rings (SSSR count). The van der Waals surface area contributed by atoms with Crippen molar-refractivity contribution in [3.63, 3.8) is 0 Å². The molecule has 182 valence electrons. The fourth-order valence-corrected chi connectivity index (χ4v) is 5.89. The van der Waals surface area contributed by atoms with E-state index in [2.05, 4.69) is 5.32 Å². The lowest BCUT2D eigenvalue weighted by molar-refractivity contribution is -0.121. The van der Waals surface area contributed by atoms with Crippen molar-refractivity contribution in [2.24, 2.45) is 0 Å². The van der Waals surface area contributed by atoms with Gasteiger partial charge < -0.3 is 19.4 Å². The number of nitrogens with zero attached hydrogens (tertiary/aromatic N) is 2. The quantitative estimate of drug-likeness (QED) is 0.527. The van der Waals surface area contributed by atoms with E-state index in [4.69, 9.17) is 9.47 Å². The number of carbonyl (C=O) groups excluding carboxylic acids is 1. The van der Waals surface area contributed by atoms with Gasteiger partial charge in [-0.3, -0.25) is 4.79 Å². The van der Waals surface area contributed by atoms with Crippen LogP contribution in [0, 0.1) is 0 Å². The van der Waals surface area contributed by atoms with E-state index < -0.39 is 10.0 Å². The Morgan fingerprint density at radius 3 is 2.44 bits per heavy atom. The van der Waals surface area contributed by atoms with Crippen LogP contribution in [-0.4, -0.2) is 50.5 Å². The Morgan fingerprint density at radius 2 is 1.74 bits per heavy atom. The molecule has 9 heteroatoms. The van der Waals surface area contributed by atoms with Crippen LogP contribution in [-0.2, 0) is 27.9 Å². The third-order valence-corrected chi connectivity index (χ3v) is 8.12. The van der Waals surface area contributed by atoms with Crippen LogP contribution in [0.25, 0.3) is 10.9 Å². The molecule has 1 N–H and O–H groups in total. The molecule has 0 unspecified atom stereocenters. The average Bonchev–Trinajstić information content (AvgIpc) is 3.05. The van der Waals surface area contributed by atoms with Crippen LogP contribution in [0.1, 0.15) is 31.2 Å². The Morgan fingerprint density at radius 1 is 0.971 bits per heavy atom. The summed E-state index contributed by atoms with van der Waals surface area (Å²) >= 11 is 0. The number of ether oxygens (including phenoxy) is 2. The van der Waals surface area contributed by atoms with Gasteiger partial charge in [0.25, 0.3) is 0 Å². The minimum Gasteiger partial charge on any atom is -0.497 e. The molecular formula is C25H31N3O5S. The number of aromatic nitrogens is 1. The zero-order valence-corrected chi connectivity index (χ0v) is 20.4. The van der Waals surface area contributed by atoms with E-state index in [0.717, 1.165) is 42.1 Å². The van der Waals surface area contributed by atoms with Gasteiger partial charge in [-0.05, 0) is 55.3 Å². The standard InChI is InChI=1S/C25H31N3O5S/c1-32-21-7-10-24(33-2)20(15-21)17-26-25(29)18-27-14-11-19-16-22(8-9-23(19)27)34(30,31)28-12-5-3-4-6-13-28/h7-11,14-16H,3-6,12-13,17-18H2,1-2H3,(H,26,29). The van der Waals surface area contributed by atoms with Crippen molar-refractivity contribution in [3.8, 4) is 11.5 Å². The summed E-state index contributed by atoms with van der Waals surface area (Å²) in [5, 5.41) is 3.70. The number of hydrogen-bond acceptors (Lipinski definition) is 5. The van der Waals surface area contributed by atoms with Crippen LogP contribution in [0.2, 0.25) is 0 Å². The van der Waals surface area contributed by atoms with E-state index in [1.165, 1.54) is 0 Å². The smallest absolute Gasteiger partial charge is 0.243 e. The highest BCUT2D eigenvalue weighted by Crippen LogP contribution is 2.26. The maximum Gasteiger partial charge on any atom is 0.243 e. The molecule has 1 saturated heterocycles. The Balaban J connectivity index is 1.46. The molecule has 1 aromatic heterocycles. The monoisotopic (exact) mass is 485 g/mol. The minimum atomic E-state index is -3.52. The first kappa shape index (κ1) is 24.1. The fraction of sp³-hybridized carbons (Fsp3) is 0.400. The molecule has 1 aliphatic heterocycles. The Kier molecular flexibility index (Phi) is 7.43. The number of sulfonamides is 1. The maximum atomic E-state index is 13.1. The van der Waals surface area contributed by atoms with E-state index >= 15 is 0 Å². The second-order valence-electron chi connectivity index (χ2n) is 8.44. The molecular weight excluding hydrogens is 454 g/mol. The predicted molar refractivity (Wildman–Crippen MR) is 131 cm³/mol. The Labute approximate surface area is 200 Å². The molecule has 0 radical (unpaired) electrons. The number of benzene rings is 2. The molecule has 0 bridgehead atoms. The first-order valence-corrected chi connectivity index (χ1v) is 12.9. The summed E-state index contributed by atoms with van der Waals surface area (Å²) in [6.07, 6.45) is 5.74. The van der Waals surface area contributed by atoms with Crippen molar-refractivity contribution in [1.29, 1.82) is 0 Å². The van der Waals surface area contributed by atoms with Crippen molar-refractivity contribution in [2.75, 3.05) is 27.3 Å². The summed E-state index contributed by atoms with van der Waals surface area (Å²) in [6, 6.07) is 12.4. The lowest BCUT2D eigenvalue weighted by Gasteiger charge is -2.20. The zero-order chi connectivity index (χ0) is 24.1. The van der Waals surface area contributed by atoms with E-state index in [-0.39, 0.29) is 12.5 Å². The summed E-state index contributed by atoms with van der Waals surface area (Å²) in [6.45, 7) is 1.56. The molecule has 0 spiro atoms. The molecule has 1 amide bonds. The van der Waals surface area contributed by atoms with Crippen LogP contribution < -0.4 is 14.8 Å². The number of amides is 1. The maximum absolute atomic E-state index is 13.1. The van der Waals surface area contributed by atoms with Gasteiger partial charge >= 0.3 is 0 Å². The second-order valence-corrected chi connectivity index (χ2v) is 10.4. The Hall–Kier alpha value is -3.04. The first-order valence-electron chi connectivity index (χ1n) is 11.5. The topological polar surface area (TPSA) is 89.9 Å². The van der Waals surface area contributed by atoms with Crippen molar-refractivity contribution in [2.45, 2.75) is 43.7 Å². The van der Waals surface area contributed by atoms with E-state index in [1.807, 2.05) is 16.7 Å². The van der Waals surface area contributed by atoms with Crippen LogP contribution in [0.5, 0.6) is 11.5 Å². The third-order valence-electron chi connectivity index (χ3n) is 6.22. The molecule has 0 aliphatic carbocycles.